The third-order valence-electron chi connectivity index (χ3n) is 4.46. The molecule has 3 aromatic carbocycles. The Morgan fingerprint density at radius 1 is 0.897 bits per heavy atom. The van der Waals surface area contributed by atoms with Crippen molar-refractivity contribution in [2.24, 2.45) is 0 Å². The van der Waals surface area contributed by atoms with Gasteiger partial charge in [-0.1, -0.05) is 60.7 Å². The normalized spacial score (nSPS) is 10.7. The number of anilines is 1. The highest BCUT2D eigenvalue weighted by atomic mass is 16.3. The number of rotatable bonds is 6. The first-order valence-corrected chi connectivity index (χ1v) is 9.33. The van der Waals surface area contributed by atoms with E-state index in [0.717, 1.165) is 16.8 Å². The van der Waals surface area contributed by atoms with Crippen LogP contribution < -0.4 is 5.32 Å². The van der Waals surface area contributed by atoms with Gasteiger partial charge in [0.1, 0.15) is 0 Å². The fourth-order valence-corrected chi connectivity index (χ4v) is 3.00. The van der Waals surface area contributed by atoms with Crippen LogP contribution in [0.1, 0.15) is 16.2 Å². The number of para-hydroxylation sites is 1. The number of nitrogens with zero attached hydrogens (tertiary/aromatic N) is 3. The van der Waals surface area contributed by atoms with Crippen molar-refractivity contribution in [3.05, 3.63) is 96.3 Å². The summed E-state index contributed by atoms with van der Waals surface area (Å²) in [4.78, 5) is 17.3. The van der Waals surface area contributed by atoms with Crippen molar-refractivity contribution in [2.45, 2.75) is 6.42 Å². The molecule has 0 bridgehead atoms. The quantitative estimate of drug-likeness (QED) is 0.531. The lowest BCUT2D eigenvalue weighted by Crippen LogP contribution is -2.14. The molecule has 0 fully saturated rings. The van der Waals surface area contributed by atoms with Gasteiger partial charge in [-0.2, -0.15) is 0 Å². The van der Waals surface area contributed by atoms with Crippen LogP contribution in [-0.2, 0) is 6.42 Å². The molecule has 6 nitrogen and oxygen atoms in total. The molecule has 29 heavy (non-hydrogen) atoms. The number of aliphatic hydroxyl groups is 1. The molecule has 4 aromatic rings. The van der Waals surface area contributed by atoms with E-state index in [1.54, 1.807) is 16.8 Å². The molecule has 0 spiro atoms. The van der Waals surface area contributed by atoms with Crippen LogP contribution in [0, 0.1) is 0 Å². The molecule has 1 heterocycles. The lowest BCUT2D eigenvalue weighted by Gasteiger charge is -2.05. The number of aliphatic hydroxyl groups excluding tert-OH is 1. The Labute approximate surface area is 168 Å². The van der Waals surface area contributed by atoms with Crippen LogP contribution in [0.25, 0.3) is 17.1 Å². The number of amides is 1. The van der Waals surface area contributed by atoms with Gasteiger partial charge in [0.05, 0.1) is 5.69 Å². The third-order valence-corrected chi connectivity index (χ3v) is 4.46. The van der Waals surface area contributed by atoms with E-state index in [1.807, 2.05) is 72.8 Å². The van der Waals surface area contributed by atoms with E-state index < -0.39 is 0 Å². The monoisotopic (exact) mass is 384 g/mol. The molecule has 1 amide bonds. The Kier molecular flexibility index (Phi) is 5.45. The fraction of sp³-hybridized carbons (Fsp3) is 0.0870. The summed E-state index contributed by atoms with van der Waals surface area (Å²) in [5.74, 6) is 0.305. The minimum Gasteiger partial charge on any atom is -0.396 e. The van der Waals surface area contributed by atoms with Gasteiger partial charge < -0.3 is 10.4 Å². The maximum absolute atomic E-state index is 12.8. The van der Waals surface area contributed by atoms with Crippen molar-refractivity contribution in [1.29, 1.82) is 0 Å². The van der Waals surface area contributed by atoms with Gasteiger partial charge in [0, 0.05) is 17.9 Å². The molecule has 144 valence electrons. The number of hydrogen-bond acceptors (Lipinski definition) is 4. The lowest BCUT2D eigenvalue weighted by atomic mass is 10.1. The topological polar surface area (TPSA) is 80.0 Å². The van der Waals surface area contributed by atoms with Crippen molar-refractivity contribution < 1.29 is 9.90 Å². The molecule has 4 rings (SSSR count). The van der Waals surface area contributed by atoms with Gasteiger partial charge in [-0.3, -0.25) is 4.79 Å². The first kappa shape index (κ1) is 18.6. The van der Waals surface area contributed by atoms with E-state index in [9.17, 15) is 4.79 Å². The fourth-order valence-electron chi connectivity index (χ4n) is 3.00. The number of hydrogen-bond donors (Lipinski definition) is 2. The van der Waals surface area contributed by atoms with E-state index in [1.165, 1.54) is 0 Å². The molecule has 0 radical (unpaired) electrons. The van der Waals surface area contributed by atoms with Crippen molar-refractivity contribution >= 4 is 11.6 Å². The second-order valence-electron chi connectivity index (χ2n) is 6.50. The highest BCUT2D eigenvalue weighted by Crippen LogP contribution is 2.21. The van der Waals surface area contributed by atoms with E-state index in [-0.39, 0.29) is 18.3 Å². The maximum atomic E-state index is 12.8. The Morgan fingerprint density at radius 3 is 2.21 bits per heavy atom. The molecule has 0 saturated carbocycles. The Hall–Kier alpha value is -3.77. The van der Waals surface area contributed by atoms with Crippen molar-refractivity contribution in [2.75, 3.05) is 11.9 Å². The summed E-state index contributed by atoms with van der Waals surface area (Å²) in [5.41, 5.74) is 3.35. The molecule has 0 aliphatic heterocycles. The third kappa shape index (κ3) is 4.23. The van der Waals surface area contributed by atoms with Crippen LogP contribution >= 0.6 is 0 Å². The largest absolute Gasteiger partial charge is 0.396 e. The van der Waals surface area contributed by atoms with Crippen LogP contribution in [0.3, 0.4) is 0 Å². The van der Waals surface area contributed by atoms with Crippen molar-refractivity contribution in [1.82, 2.24) is 14.8 Å². The zero-order valence-electron chi connectivity index (χ0n) is 15.7. The Morgan fingerprint density at radius 2 is 1.55 bits per heavy atom. The van der Waals surface area contributed by atoms with Crippen LogP contribution in [0.4, 0.5) is 5.69 Å². The summed E-state index contributed by atoms with van der Waals surface area (Å²) in [7, 11) is 0. The van der Waals surface area contributed by atoms with E-state index in [0.29, 0.717) is 17.9 Å². The molecule has 0 unspecified atom stereocenters. The second kappa shape index (κ2) is 8.50. The van der Waals surface area contributed by atoms with E-state index in [4.69, 9.17) is 5.11 Å². The summed E-state index contributed by atoms with van der Waals surface area (Å²) < 4.78 is 1.68. The SMILES string of the molecule is O=C(Nc1ccc(CCO)cc1)c1nc(-c2ccccc2)n(-c2ccccc2)n1. The van der Waals surface area contributed by atoms with E-state index in [2.05, 4.69) is 15.4 Å². The number of carbonyl (C=O) groups excluding carboxylic acids is 1. The lowest BCUT2D eigenvalue weighted by molar-refractivity contribution is 0.101. The minimum atomic E-state index is -0.383. The van der Waals surface area contributed by atoms with Gasteiger partial charge in [0.2, 0.25) is 5.82 Å². The minimum absolute atomic E-state index is 0.0899. The first-order chi connectivity index (χ1) is 14.2. The first-order valence-electron chi connectivity index (χ1n) is 9.33. The maximum Gasteiger partial charge on any atom is 0.295 e. The standard InChI is InChI=1S/C23H20N4O2/c28-16-15-17-11-13-19(14-12-17)24-23(29)21-25-22(18-7-3-1-4-8-18)27(26-21)20-9-5-2-6-10-20/h1-14,28H,15-16H2,(H,24,29). The highest BCUT2D eigenvalue weighted by molar-refractivity contribution is 6.01. The molecule has 0 aliphatic carbocycles. The zero-order chi connectivity index (χ0) is 20.1. The predicted molar refractivity (Wildman–Crippen MR) is 112 cm³/mol. The molecule has 0 saturated heterocycles. The molecule has 6 heteroatoms. The van der Waals surface area contributed by atoms with Gasteiger partial charge >= 0.3 is 0 Å². The van der Waals surface area contributed by atoms with Crippen LogP contribution in [0.2, 0.25) is 0 Å². The summed E-state index contributed by atoms with van der Waals surface area (Å²) in [6, 6.07) is 26.6. The van der Waals surface area contributed by atoms with Gasteiger partial charge in [-0.25, -0.2) is 9.67 Å². The smallest absolute Gasteiger partial charge is 0.295 e. The van der Waals surface area contributed by atoms with Crippen molar-refractivity contribution in [3.63, 3.8) is 0 Å². The molecular formula is C23H20N4O2. The Balaban J connectivity index is 1.65. The molecule has 0 atom stereocenters. The zero-order valence-corrected chi connectivity index (χ0v) is 15.7. The van der Waals surface area contributed by atoms with Crippen LogP contribution in [0.5, 0.6) is 0 Å². The molecular weight excluding hydrogens is 364 g/mol. The summed E-state index contributed by atoms with van der Waals surface area (Å²) in [6.45, 7) is 0.0921. The van der Waals surface area contributed by atoms with Gasteiger partial charge in [-0.15, -0.1) is 5.10 Å². The van der Waals surface area contributed by atoms with Crippen LogP contribution in [0.15, 0.2) is 84.9 Å². The number of benzene rings is 3. The summed E-state index contributed by atoms with van der Waals surface area (Å²) in [6.07, 6.45) is 0.581. The van der Waals surface area contributed by atoms with Gasteiger partial charge in [-0.05, 0) is 36.2 Å². The van der Waals surface area contributed by atoms with Crippen LogP contribution in [-0.4, -0.2) is 32.4 Å². The Bertz CT molecular complexity index is 1030. The number of carbonyl (C=O) groups is 1. The predicted octanol–water partition coefficient (Wildman–Crippen LogP) is 3.72. The van der Waals surface area contributed by atoms with Crippen molar-refractivity contribution in [3.8, 4) is 17.1 Å². The second-order valence-corrected chi connectivity index (χ2v) is 6.50. The summed E-state index contributed by atoms with van der Waals surface area (Å²) >= 11 is 0. The van der Waals surface area contributed by atoms with Gasteiger partial charge in [0.25, 0.3) is 5.91 Å². The van der Waals surface area contributed by atoms with Gasteiger partial charge in [0.15, 0.2) is 5.82 Å². The molecule has 1 aromatic heterocycles. The molecule has 0 aliphatic rings. The molecule has 2 N–H and O–H groups in total. The van der Waals surface area contributed by atoms with E-state index >= 15 is 0 Å². The number of aromatic nitrogens is 3. The average molecular weight is 384 g/mol. The average Bonchev–Trinajstić information content (AvgIpc) is 3.22. The highest BCUT2D eigenvalue weighted by Gasteiger charge is 2.18. The summed E-state index contributed by atoms with van der Waals surface area (Å²) in [5, 5.41) is 16.3. The number of nitrogens with one attached hydrogen (secondary N) is 1.